The van der Waals surface area contributed by atoms with Crippen molar-refractivity contribution in [2.75, 3.05) is 0 Å². The van der Waals surface area contributed by atoms with Crippen LogP contribution in [0.15, 0.2) is 247 Å². The number of aromatic nitrogens is 2. The van der Waals surface area contributed by atoms with Crippen molar-refractivity contribution in [3.63, 3.8) is 0 Å². The zero-order chi connectivity index (χ0) is 44.8. The summed E-state index contributed by atoms with van der Waals surface area (Å²) >= 11 is 0. The third-order valence-corrected chi connectivity index (χ3v) is 14.3. The molecule has 0 fully saturated rings. The van der Waals surface area contributed by atoms with E-state index >= 15 is 0 Å². The van der Waals surface area contributed by atoms with Crippen LogP contribution in [0.4, 0.5) is 0 Å². The lowest BCUT2D eigenvalue weighted by Gasteiger charge is -2.30. The largest absolute Gasteiger partial charge is 0.456 e. The zero-order valence-electron chi connectivity index (χ0n) is 36.9. The minimum atomic E-state index is -0.413. The number of nitrogens with zero attached hydrogens (tertiary/aromatic N) is 2. The van der Waals surface area contributed by atoms with Gasteiger partial charge in [-0.05, 0) is 132 Å². The summed E-state index contributed by atoms with van der Waals surface area (Å²) in [4.78, 5) is 10.7. The third-order valence-electron chi connectivity index (χ3n) is 14.3. The molecular weight excluding hydrogens is 825 g/mol. The van der Waals surface area contributed by atoms with E-state index in [2.05, 4.69) is 224 Å². The van der Waals surface area contributed by atoms with E-state index in [-0.39, 0.29) is 0 Å². The lowest BCUT2D eigenvalue weighted by atomic mass is 9.70. The van der Waals surface area contributed by atoms with Crippen molar-refractivity contribution in [2.45, 2.75) is 5.41 Å². The standard InChI is InChI=1S/C65H40N2O/c1-3-16-41(17-4-1)47-35-48(44-31-33-63-55(38-44)54-25-10-14-29-62(54)68-63)37-49(36-47)61-40-60(66-64(67-61)42-18-5-2-6-19-42)46-21-15-20-43(34-46)45-30-32-53-52-24-9-13-28-58(52)65(59(53)39-45)56-26-11-7-22-50(56)51-23-8-12-27-57(51)65/h1-40H. The highest BCUT2D eigenvalue weighted by Crippen LogP contribution is 2.63. The molecule has 2 aliphatic carbocycles. The molecule has 12 aromatic rings. The van der Waals surface area contributed by atoms with Crippen LogP contribution in [-0.4, -0.2) is 9.97 Å². The first-order valence-electron chi connectivity index (χ1n) is 23.3. The molecule has 3 nitrogen and oxygen atoms in total. The molecule has 3 heteroatoms. The van der Waals surface area contributed by atoms with Crippen molar-refractivity contribution >= 4 is 21.9 Å². The molecule has 2 heterocycles. The number of furan rings is 1. The van der Waals surface area contributed by atoms with Crippen LogP contribution >= 0.6 is 0 Å². The second-order valence-corrected chi connectivity index (χ2v) is 18.0. The quantitative estimate of drug-likeness (QED) is 0.167. The van der Waals surface area contributed by atoms with Crippen molar-refractivity contribution in [3.8, 4) is 89.5 Å². The Morgan fingerprint density at radius 1 is 0.265 bits per heavy atom. The maximum absolute atomic E-state index is 6.24. The van der Waals surface area contributed by atoms with Crippen LogP contribution in [0, 0.1) is 0 Å². The Bertz CT molecular complexity index is 3910. The Balaban J connectivity index is 0.929. The normalized spacial score (nSPS) is 12.8. The van der Waals surface area contributed by atoms with Crippen LogP contribution in [0.2, 0.25) is 0 Å². The van der Waals surface area contributed by atoms with Gasteiger partial charge in [-0.2, -0.15) is 0 Å². The van der Waals surface area contributed by atoms with Crippen LogP contribution in [-0.2, 0) is 5.41 Å². The van der Waals surface area contributed by atoms with Gasteiger partial charge in [-0.1, -0.05) is 188 Å². The monoisotopic (exact) mass is 864 g/mol. The van der Waals surface area contributed by atoms with Gasteiger partial charge in [0.2, 0.25) is 0 Å². The van der Waals surface area contributed by atoms with Gasteiger partial charge in [-0.3, -0.25) is 0 Å². The van der Waals surface area contributed by atoms with Gasteiger partial charge in [-0.25, -0.2) is 9.97 Å². The molecule has 0 aliphatic heterocycles. The summed E-state index contributed by atoms with van der Waals surface area (Å²) in [5, 5.41) is 2.21. The molecule has 2 aliphatic rings. The van der Waals surface area contributed by atoms with Crippen molar-refractivity contribution in [3.05, 3.63) is 265 Å². The molecule has 10 aromatic carbocycles. The molecule has 0 amide bonds. The summed E-state index contributed by atoms with van der Waals surface area (Å²) < 4.78 is 6.24. The lowest BCUT2D eigenvalue weighted by molar-refractivity contribution is 0.669. The van der Waals surface area contributed by atoms with Gasteiger partial charge in [-0.15, -0.1) is 0 Å². The highest BCUT2D eigenvalue weighted by molar-refractivity contribution is 6.06. The van der Waals surface area contributed by atoms with Crippen LogP contribution in [0.25, 0.3) is 111 Å². The van der Waals surface area contributed by atoms with Crippen LogP contribution < -0.4 is 0 Å². The van der Waals surface area contributed by atoms with Gasteiger partial charge in [0.25, 0.3) is 0 Å². The van der Waals surface area contributed by atoms with E-state index in [4.69, 9.17) is 14.4 Å². The van der Waals surface area contributed by atoms with E-state index in [0.29, 0.717) is 5.82 Å². The minimum absolute atomic E-state index is 0.413. The SMILES string of the molecule is c1ccc(-c2cc(-c3ccc4oc5ccccc5c4c3)cc(-c3cc(-c4cccc(-c5ccc6c(c5)C5(c7ccccc7-c7ccccc75)c5ccccc5-6)c4)nc(-c4ccccc4)n3)c2)cc1. The molecule has 68 heavy (non-hydrogen) atoms. The van der Waals surface area contributed by atoms with E-state index in [0.717, 1.165) is 77.8 Å². The van der Waals surface area contributed by atoms with Gasteiger partial charge in [0.1, 0.15) is 11.2 Å². The average Bonchev–Trinajstić information content (AvgIpc) is 4.05. The summed E-state index contributed by atoms with van der Waals surface area (Å²) in [6.07, 6.45) is 0. The maximum Gasteiger partial charge on any atom is 0.160 e. The molecule has 0 N–H and O–H groups in total. The molecular formula is C65H40N2O. The second kappa shape index (κ2) is 15.1. The molecule has 2 aromatic heterocycles. The predicted octanol–water partition coefficient (Wildman–Crippen LogP) is 16.7. The molecule has 1 spiro atoms. The Morgan fingerprint density at radius 2 is 0.735 bits per heavy atom. The van der Waals surface area contributed by atoms with Crippen molar-refractivity contribution < 1.29 is 4.42 Å². The number of fused-ring (bicyclic) bond motifs is 13. The predicted molar refractivity (Wildman–Crippen MR) is 278 cm³/mol. The van der Waals surface area contributed by atoms with Gasteiger partial charge in [0.15, 0.2) is 5.82 Å². The van der Waals surface area contributed by atoms with Crippen molar-refractivity contribution in [1.29, 1.82) is 0 Å². The molecule has 0 atom stereocenters. The van der Waals surface area contributed by atoms with Crippen LogP contribution in [0.5, 0.6) is 0 Å². The van der Waals surface area contributed by atoms with Crippen molar-refractivity contribution in [1.82, 2.24) is 9.97 Å². The first-order valence-corrected chi connectivity index (χ1v) is 23.3. The van der Waals surface area contributed by atoms with Crippen LogP contribution in [0.3, 0.4) is 0 Å². The number of rotatable bonds is 6. The highest BCUT2D eigenvalue weighted by Gasteiger charge is 2.51. The van der Waals surface area contributed by atoms with E-state index in [1.54, 1.807) is 0 Å². The topological polar surface area (TPSA) is 38.9 Å². The lowest BCUT2D eigenvalue weighted by Crippen LogP contribution is -2.25. The molecule has 0 saturated heterocycles. The van der Waals surface area contributed by atoms with Gasteiger partial charge >= 0.3 is 0 Å². The maximum atomic E-state index is 6.24. The second-order valence-electron chi connectivity index (χ2n) is 18.0. The van der Waals surface area contributed by atoms with Gasteiger partial charge < -0.3 is 4.42 Å². The van der Waals surface area contributed by atoms with E-state index in [1.807, 2.05) is 18.2 Å². The molecule has 316 valence electrons. The van der Waals surface area contributed by atoms with Crippen LogP contribution in [0.1, 0.15) is 22.3 Å². The fraction of sp³-hybridized carbons (Fsp3) is 0.0154. The highest BCUT2D eigenvalue weighted by atomic mass is 16.3. The summed E-state index contributed by atoms with van der Waals surface area (Å²) in [7, 11) is 0. The van der Waals surface area contributed by atoms with Gasteiger partial charge in [0.05, 0.1) is 16.8 Å². The smallest absolute Gasteiger partial charge is 0.160 e. The fourth-order valence-electron chi connectivity index (χ4n) is 11.2. The molecule has 0 saturated carbocycles. The zero-order valence-corrected chi connectivity index (χ0v) is 36.9. The Kier molecular flexibility index (Phi) is 8.50. The Morgan fingerprint density at radius 3 is 1.44 bits per heavy atom. The molecule has 0 bridgehead atoms. The summed E-state index contributed by atoms with van der Waals surface area (Å²) in [6, 6.07) is 87.6. The summed E-state index contributed by atoms with van der Waals surface area (Å²) in [6.45, 7) is 0. The Hall–Kier alpha value is -8.92. The number of para-hydroxylation sites is 1. The van der Waals surface area contributed by atoms with E-state index in [9.17, 15) is 0 Å². The fourth-order valence-corrected chi connectivity index (χ4v) is 11.2. The first kappa shape index (κ1) is 38.4. The Labute approximate surface area is 394 Å². The van der Waals surface area contributed by atoms with Crippen molar-refractivity contribution in [2.24, 2.45) is 0 Å². The summed E-state index contributed by atoms with van der Waals surface area (Å²) in [5.41, 5.74) is 23.4. The average molecular weight is 865 g/mol. The number of benzene rings is 10. The molecule has 14 rings (SSSR count). The van der Waals surface area contributed by atoms with E-state index in [1.165, 1.54) is 50.1 Å². The molecule has 0 radical (unpaired) electrons. The third kappa shape index (κ3) is 5.86. The summed E-state index contributed by atoms with van der Waals surface area (Å²) in [5.74, 6) is 0.678. The first-order chi connectivity index (χ1) is 33.7. The number of hydrogen-bond acceptors (Lipinski definition) is 3. The van der Waals surface area contributed by atoms with Gasteiger partial charge in [0, 0.05) is 27.5 Å². The number of hydrogen-bond donors (Lipinski definition) is 0. The molecule has 0 unspecified atom stereocenters. The van der Waals surface area contributed by atoms with E-state index < -0.39 is 5.41 Å². The minimum Gasteiger partial charge on any atom is -0.456 e.